The van der Waals surface area contributed by atoms with E-state index in [9.17, 15) is 0 Å². The van der Waals surface area contributed by atoms with Crippen molar-refractivity contribution in [2.24, 2.45) is 11.7 Å². The van der Waals surface area contributed by atoms with Gasteiger partial charge in [-0.25, -0.2) is 0 Å². The molecule has 2 heteroatoms. The molecule has 0 bridgehead atoms. The van der Waals surface area contributed by atoms with E-state index in [0.717, 1.165) is 19.0 Å². The smallest absolute Gasteiger partial charge is 0.0196 e. The summed E-state index contributed by atoms with van der Waals surface area (Å²) in [5.74, 6) is 0.784. The van der Waals surface area contributed by atoms with Gasteiger partial charge in [0.1, 0.15) is 0 Å². The second kappa shape index (κ2) is 7.29. The maximum atomic E-state index is 6.38. The van der Waals surface area contributed by atoms with Crippen molar-refractivity contribution < 1.29 is 0 Å². The van der Waals surface area contributed by atoms with Gasteiger partial charge in [-0.05, 0) is 38.6 Å². The van der Waals surface area contributed by atoms with Gasteiger partial charge in [0, 0.05) is 18.6 Å². The molecule has 96 valence electrons. The van der Waals surface area contributed by atoms with Crippen molar-refractivity contribution in [1.29, 1.82) is 0 Å². The Labute approximate surface area is 102 Å². The summed E-state index contributed by atoms with van der Waals surface area (Å²) < 4.78 is 0. The molecule has 16 heavy (non-hydrogen) atoms. The minimum absolute atomic E-state index is 0.397. The lowest BCUT2D eigenvalue weighted by Crippen LogP contribution is -2.45. The predicted molar refractivity (Wildman–Crippen MR) is 71.6 cm³/mol. The van der Waals surface area contributed by atoms with E-state index < -0.39 is 0 Å². The molecule has 0 aromatic rings. The Kier molecular flexibility index (Phi) is 6.37. The molecule has 0 spiro atoms. The first kappa shape index (κ1) is 14.0. The van der Waals surface area contributed by atoms with Crippen molar-refractivity contribution in [3.05, 3.63) is 0 Å². The van der Waals surface area contributed by atoms with Gasteiger partial charge in [-0.1, -0.05) is 33.1 Å². The molecule has 1 aliphatic rings. The number of hydrogen-bond donors (Lipinski definition) is 1. The molecule has 2 nitrogen and oxygen atoms in total. The highest BCUT2D eigenvalue weighted by atomic mass is 15.2. The zero-order valence-electron chi connectivity index (χ0n) is 11.4. The summed E-state index contributed by atoms with van der Waals surface area (Å²) in [6, 6.07) is 1.08. The van der Waals surface area contributed by atoms with E-state index in [0.29, 0.717) is 12.1 Å². The van der Waals surface area contributed by atoms with Crippen LogP contribution >= 0.6 is 0 Å². The largest absolute Gasteiger partial charge is 0.326 e. The number of likely N-dealkylation sites (N-methyl/N-ethyl adjacent to an activating group) is 1. The summed E-state index contributed by atoms with van der Waals surface area (Å²) in [5, 5.41) is 0. The van der Waals surface area contributed by atoms with Crippen LogP contribution in [-0.4, -0.2) is 30.1 Å². The maximum Gasteiger partial charge on any atom is 0.0196 e. The monoisotopic (exact) mass is 226 g/mol. The third-order valence-corrected chi connectivity index (χ3v) is 4.32. The van der Waals surface area contributed by atoms with E-state index in [1.165, 1.54) is 38.5 Å². The summed E-state index contributed by atoms with van der Waals surface area (Å²) in [4.78, 5) is 2.54. The Morgan fingerprint density at radius 3 is 2.31 bits per heavy atom. The molecule has 2 atom stereocenters. The fourth-order valence-electron chi connectivity index (χ4n) is 2.86. The van der Waals surface area contributed by atoms with Crippen LogP contribution in [0.1, 0.15) is 59.3 Å². The zero-order valence-corrected chi connectivity index (χ0v) is 11.4. The van der Waals surface area contributed by atoms with Crippen LogP contribution in [0.2, 0.25) is 0 Å². The minimum atomic E-state index is 0.397. The van der Waals surface area contributed by atoms with Crippen LogP contribution in [0.3, 0.4) is 0 Å². The Morgan fingerprint density at radius 1 is 1.19 bits per heavy atom. The van der Waals surface area contributed by atoms with Gasteiger partial charge in [0.2, 0.25) is 0 Å². The van der Waals surface area contributed by atoms with Crippen molar-refractivity contribution in [2.45, 2.75) is 71.4 Å². The molecular formula is C14H30N2. The molecule has 0 aromatic carbocycles. The van der Waals surface area contributed by atoms with Gasteiger partial charge >= 0.3 is 0 Å². The van der Waals surface area contributed by atoms with Gasteiger partial charge in [-0.2, -0.15) is 0 Å². The lowest BCUT2D eigenvalue weighted by molar-refractivity contribution is 0.170. The van der Waals surface area contributed by atoms with E-state index >= 15 is 0 Å². The van der Waals surface area contributed by atoms with Crippen LogP contribution in [0, 0.1) is 5.92 Å². The highest BCUT2D eigenvalue weighted by molar-refractivity contribution is 4.80. The average molecular weight is 226 g/mol. The minimum Gasteiger partial charge on any atom is -0.326 e. The molecule has 1 saturated carbocycles. The first-order valence-corrected chi connectivity index (χ1v) is 7.18. The molecule has 0 heterocycles. The van der Waals surface area contributed by atoms with Gasteiger partial charge in [0.25, 0.3) is 0 Å². The quantitative estimate of drug-likeness (QED) is 0.754. The molecule has 0 saturated heterocycles. The van der Waals surface area contributed by atoms with Gasteiger partial charge in [-0.3, -0.25) is 4.90 Å². The number of nitrogens with zero attached hydrogens (tertiary/aromatic N) is 1. The number of hydrogen-bond acceptors (Lipinski definition) is 2. The lowest BCUT2D eigenvalue weighted by atomic mass is 9.84. The third kappa shape index (κ3) is 4.06. The third-order valence-electron chi connectivity index (χ3n) is 4.32. The van der Waals surface area contributed by atoms with Crippen LogP contribution in [0.15, 0.2) is 0 Å². The highest BCUT2D eigenvalue weighted by Crippen LogP contribution is 2.26. The van der Waals surface area contributed by atoms with Crippen molar-refractivity contribution in [1.82, 2.24) is 4.90 Å². The summed E-state index contributed by atoms with van der Waals surface area (Å²) in [5.41, 5.74) is 6.38. The molecule has 2 N–H and O–H groups in total. The van der Waals surface area contributed by atoms with Gasteiger partial charge in [0.15, 0.2) is 0 Å². The van der Waals surface area contributed by atoms with Crippen LogP contribution in [0.4, 0.5) is 0 Å². The van der Waals surface area contributed by atoms with Crippen LogP contribution in [0.5, 0.6) is 0 Å². The zero-order chi connectivity index (χ0) is 12.0. The van der Waals surface area contributed by atoms with Crippen LogP contribution in [-0.2, 0) is 0 Å². The van der Waals surface area contributed by atoms with Gasteiger partial charge in [0.05, 0.1) is 0 Å². The van der Waals surface area contributed by atoms with E-state index in [4.69, 9.17) is 5.73 Å². The van der Waals surface area contributed by atoms with Crippen LogP contribution in [0.25, 0.3) is 0 Å². The molecule has 1 aliphatic carbocycles. The summed E-state index contributed by atoms with van der Waals surface area (Å²) in [6.45, 7) is 9.06. The number of rotatable bonds is 6. The maximum absolute atomic E-state index is 6.38. The Bertz CT molecular complexity index is 176. The fourth-order valence-corrected chi connectivity index (χ4v) is 2.86. The second-order valence-corrected chi connectivity index (χ2v) is 5.41. The molecule has 2 unspecified atom stereocenters. The first-order valence-electron chi connectivity index (χ1n) is 7.18. The van der Waals surface area contributed by atoms with E-state index in [-0.39, 0.29) is 0 Å². The number of nitrogens with two attached hydrogens (primary N) is 1. The van der Waals surface area contributed by atoms with Crippen molar-refractivity contribution >= 4 is 0 Å². The second-order valence-electron chi connectivity index (χ2n) is 5.41. The lowest BCUT2D eigenvalue weighted by Gasteiger charge is -2.34. The van der Waals surface area contributed by atoms with E-state index in [1.54, 1.807) is 0 Å². The predicted octanol–water partition coefficient (Wildman–Crippen LogP) is 3.01. The fraction of sp³-hybridized carbons (Fsp3) is 1.00. The summed E-state index contributed by atoms with van der Waals surface area (Å²) >= 11 is 0. The van der Waals surface area contributed by atoms with E-state index in [1.807, 2.05) is 0 Å². The Hall–Kier alpha value is -0.0800. The molecule has 0 aromatic heterocycles. The molecule has 1 fully saturated rings. The topological polar surface area (TPSA) is 29.3 Å². The molecule has 0 amide bonds. The Balaban J connectivity index is 2.37. The SMILES string of the molecule is CCC(C)N(CC)CC(N)C1CCCCC1. The van der Waals surface area contributed by atoms with Gasteiger partial charge in [-0.15, -0.1) is 0 Å². The van der Waals surface area contributed by atoms with Gasteiger partial charge < -0.3 is 5.73 Å². The highest BCUT2D eigenvalue weighted by Gasteiger charge is 2.23. The van der Waals surface area contributed by atoms with E-state index in [2.05, 4.69) is 25.7 Å². The summed E-state index contributed by atoms with van der Waals surface area (Å²) in [7, 11) is 0. The molecule has 0 radical (unpaired) electrons. The molecule has 0 aliphatic heterocycles. The summed E-state index contributed by atoms with van der Waals surface area (Å²) in [6.07, 6.45) is 8.16. The molecular weight excluding hydrogens is 196 g/mol. The average Bonchev–Trinajstić information content (AvgIpc) is 2.35. The van der Waals surface area contributed by atoms with Crippen molar-refractivity contribution in [3.63, 3.8) is 0 Å². The van der Waals surface area contributed by atoms with Crippen molar-refractivity contribution in [3.8, 4) is 0 Å². The van der Waals surface area contributed by atoms with Crippen LogP contribution < -0.4 is 5.73 Å². The van der Waals surface area contributed by atoms with Crippen molar-refractivity contribution in [2.75, 3.05) is 13.1 Å². The standard InChI is InChI=1S/C14H30N2/c1-4-12(3)16(5-2)11-14(15)13-9-7-6-8-10-13/h12-14H,4-11,15H2,1-3H3. The first-order chi connectivity index (χ1) is 7.69. The molecule has 1 rings (SSSR count). The Morgan fingerprint density at radius 2 is 1.81 bits per heavy atom. The normalized spacial score (nSPS) is 22.3.